The van der Waals surface area contributed by atoms with E-state index in [4.69, 9.17) is 4.74 Å². The number of amides is 1. The number of anilines is 1. The third-order valence-electron chi connectivity index (χ3n) is 2.77. The number of aromatic nitrogens is 2. The average molecular weight is 350 g/mol. The van der Waals surface area contributed by atoms with Crippen LogP contribution < -0.4 is 10.1 Å². The molecule has 0 saturated heterocycles. The number of aryl methyl sites for hydroxylation is 1. The Balaban J connectivity index is 1.70. The Hall–Kier alpha value is -1.95. The molecule has 0 aliphatic rings. The lowest BCUT2D eigenvalue weighted by molar-refractivity contribution is -0.116. The Labute approximate surface area is 131 Å². The van der Waals surface area contributed by atoms with Crippen molar-refractivity contribution in [2.24, 2.45) is 0 Å². The van der Waals surface area contributed by atoms with E-state index in [9.17, 15) is 4.79 Å². The molecular weight excluding hydrogens is 334 g/mol. The van der Waals surface area contributed by atoms with Gasteiger partial charge in [-0.15, -0.1) is 0 Å². The number of nitrogens with one attached hydrogen (secondary N) is 1. The van der Waals surface area contributed by atoms with Crippen molar-refractivity contribution in [3.63, 3.8) is 0 Å². The van der Waals surface area contributed by atoms with E-state index in [0.29, 0.717) is 25.4 Å². The van der Waals surface area contributed by atoms with Crippen molar-refractivity contribution in [3.05, 3.63) is 46.7 Å². The van der Waals surface area contributed by atoms with Crippen LogP contribution in [0, 0.1) is 6.92 Å². The second-order valence-corrected chi connectivity index (χ2v) is 5.41. The van der Waals surface area contributed by atoms with Crippen LogP contribution in [-0.2, 0) is 4.79 Å². The minimum Gasteiger partial charge on any atom is -0.493 e. The fraction of sp³-hybridized carbons (Fsp3) is 0.267. The first-order chi connectivity index (χ1) is 10.1. The number of ether oxygens (including phenoxy) is 1. The van der Waals surface area contributed by atoms with Gasteiger partial charge in [0.25, 0.3) is 0 Å². The highest BCUT2D eigenvalue weighted by Gasteiger charge is 2.05. The molecule has 0 saturated carbocycles. The number of benzene rings is 1. The van der Waals surface area contributed by atoms with Gasteiger partial charge in [-0.2, -0.15) is 0 Å². The summed E-state index contributed by atoms with van der Waals surface area (Å²) in [6.07, 6.45) is 4.18. The molecule has 2 aromatic rings. The van der Waals surface area contributed by atoms with E-state index >= 15 is 0 Å². The summed E-state index contributed by atoms with van der Waals surface area (Å²) in [5, 5.41) is 2.64. The van der Waals surface area contributed by atoms with E-state index in [1.165, 1.54) is 0 Å². The van der Waals surface area contributed by atoms with Crippen LogP contribution >= 0.6 is 15.9 Å². The molecule has 110 valence electrons. The van der Waals surface area contributed by atoms with Crippen LogP contribution in [0.15, 0.2) is 41.1 Å². The van der Waals surface area contributed by atoms with Gasteiger partial charge in [0.1, 0.15) is 5.75 Å². The van der Waals surface area contributed by atoms with Gasteiger partial charge in [0.2, 0.25) is 11.9 Å². The first-order valence-corrected chi connectivity index (χ1v) is 7.40. The molecule has 5 nitrogen and oxygen atoms in total. The van der Waals surface area contributed by atoms with Gasteiger partial charge in [0.15, 0.2) is 0 Å². The summed E-state index contributed by atoms with van der Waals surface area (Å²) in [5.74, 6) is 1.04. The van der Waals surface area contributed by atoms with E-state index < -0.39 is 0 Å². The van der Waals surface area contributed by atoms with Crippen LogP contribution in [0.5, 0.6) is 5.75 Å². The number of carbonyl (C=O) groups excluding carboxylic acids is 1. The monoisotopic (exact) mass is 349 g/mol. The molecule has 0 atom stereocenters. The maximum absolute atomic E-state index is 11.7. The zero-order chi connectivity index (χ0) is 15.1. The number of para-hydroxylation sites is 1. The van der Waals surface area contributed by atoms with E-state index in [-0.39, 0.29) is 5.91 Å². The van der Waals surface area contributed by atoms with E-state index in [0.717, 1.165) is 15.8 Å². The highest BCUT2D eigenvalue weighted by Crippen LogP contribution is 2.16. The normalized spacial score (nSPS) is 10.2. The van der Waals surface area contributed by atoms with E-state index in [2.05, 4.69) is 31.2 Å². The van der Waals surface area contributed by atoms with Crippen molar-refractivity contribution in [3.8, 4) is 5.75 Å². The van der Waals surface area contributed by atoms with Gasteiger partial charge in [-0.3, -0.25) is 10.1 Å². The number of halogens is 1. The predicted molar refractivity (Wildman–Crippen MR) is 84.3 cm³/mol. The van der Waals surface area contributed by atoms with Gasteiger partial charge in [0.05, 0.1) is 11.1 Å². The minimum atomic E-state index is -0.120. The number of nitrogens with zero attached hydrogens (tertiary/aromatic N) is 2. The molecule has 0 unspecified atom stereocenters. The molecule has 0 bridgehead atoms. The summed E-state index contributed by atoms with van der Waals surface area (Å²) in [7, 11) is 0. The van der Waals surface area contributed by atoms with Crippen LogP contribution in [0.3, 0.4) is 0 Å². The first-order valence-electron chi connectivity index (χ1n) is 6.61. The second-order valence-electron chi connectivity index (χ2n) is 4.49. The fourth-order valence-electron chi connectivity index (χ4n) is 1.70. The molecule has 2 rings (SSSR count). The van der Waals surface area contributed by atoms with Crippen LogP contribution in [0.2, 0.25) is 0 Å². The van der Waals surface area contributed by atoms with Crippen molar-refractivity contribution in [2.75, 3.05) is 11.9 Å². The first kappa shape index (κ1) is 15.4. The Morgan fingerprint density at radius 2 is 2.00 bits per heavy atom. The zero-order valence-electron chi connectivity index (χ0n) is 11.7. The predicted octanol–water partition coefficient (Wildman–Crippen LogP) is 3.35. The van der Waals surface area contributed by atoms with Crippen LogP contribution in [0.4, 0.5) is 5.95 Å². The Kier molecular flexibility index (Phi) is 5.68. The summed E-state index contributed by atoms with van der Waals surface area (Å²) in [4.78, 5) is 19.7. The van der Waals surface area contributed by atoms with Crippen molar-refractivity contribution in [1.82, 2.24) is 9.97 Å². The third kappa shape index (κ3) is 5.15. The maximum Gasteiger partial charge on any atom is 0.229 e. The van der Waals surface area contributed by atoms with Gasteiger partial charge in [-0.05, 0) is 40.9 Å². The van der Waals surface area contributed by atoms with Crippen molar-refractivity contribution < 1.29 is 9.53 Å². The molecule has 1 amide bonds. The average Bonchev–Trinajstić information content (AvgIpc) is 2.48. The smallest absolute Gasteiger partial charge is 0.229 e. The van der Waals surface area contributed by atoms with Gasteiger partial charge < -0.3 is 4.74 Å². The van der Waals surface area contributed by atoms with Gasteiger partial charge >= 0.3 is 0 Å². The molecule has 0 aliphatic carbocycles. The molecular formula is C15H16BrN3O2. The topological polar surface area (TPSA) is 64.1 Å². The fourth-order valence-corrected chi connectivity index (χ4v) is 1.90. The SMILES string of the molecule is Cc1ccccc1OCCCC(=O)Nc1ncc(Br)cn1. The lowest BCUT2D eigenvalue weighted by Gasteiger charge is -2.08. The lowest BCUT2D eigenvalue weighted by Crippen LogP contribution is -2.14. The van der Waals surface area contributed by atoms with Crippen molar-refractivity contribution in [2.45, 2.75) is 19.8 Å². The quantitative estimate of drug-likeness (QED) is 0.812. The highest BCUT2D eigenvalue weighted by atomic mass is 79.9. The Morgan fingerprint density at radius 1 is 1.29 bits per heavy atom. The van der Waals surface area contributed by atoms with E-state index in [1.54, 1.807) is 12.4 Å². The molecule has 0 spiro atoms. The molecule has 0 fully saturated rings. The van der Waals surface area contributed by atoms with Gasteiger partial charge in [0, 0.05) is 18.8 Å². The highest BCUT2D eigenvalue weighted by molar-refractivity contribution is 9.10. The second kappa shape index (κ2) is 7.73. The largest absolute Gasteiger partial charge is 0.493 e. The van der Waals surface area contributed by atoms with Gasteiger partial charge in [-0.1, -0.05) is 18.2 Å². The molecule has 1 aromatic heterocycles. The lowest BCUT2D eigenvalue weighted by atomic mass is 10.2. The Bertz CT molecular complexity index is 602. The number of hydrogen-bond donors (Lipinski definition) is 1. The number of rotatable bonds is 6. The Morgan fingerprint density at radius 3 is 2.71 bits per heavy atom. The molecule has 1 heterocycles. The van der Waals surface area contributed by atoms with Crippen LogP contribution in [-0.4, -0.2) is 22.5 Å². The standard InChI is InChI=1S/C15H16BrN3O2/c1-11-5-2-3-6-13(11)21-8-4-7-14(20)19-15-17-9-12(16)10-18-15/h2-3,5-6,9-10H,4,7-8H2,1H3,(H,17,18,19,20). The van der Waals surface area contributed by atoms with Crippen LogP contribution in [0.25, 0.3) is 0 Å². The maximum atomic E-state index is 11.7. The molecule has 6 heteroatoms. The molecule has 0 radical (unpaired) electrons. The summed E-state index contributed by atoms with van der Waals surface area (Å²) >= 11 is 3.24. The summed E-state index contributed by atoms with van der Waals surface area (Å²) in [6, 6.07) is 7.81. The molecule has 1 N–H and O–H groups in total. The molecule has 21 heavy (non-hydrogen) atoms. The van der Waals surface area contributed by atoms with Crippen molar-refractivity contribution >= 4 is 27.8 Å². The summed E-state index contributed by atoms with van der Waals surface area (Å²) in [6.45, 7) is 2.49. The number of hydrogen-bond acceptors (Lipinski definition) is 4. The minimum absolute atomic E-state index is 0.120. The number of carbonyl (C=O) groups is 1. The summed E-state index contributed by atoms with van der Waals surface area (Å²) in [5.41, 5.74) is 1.09. The molecule has 0 aliphatic heterocycles. The van der Waals surface area contributed by atoms with E-state index in [1.807, 2.05) is 31.2 Å². The van der Waals surface area contributed by atoms with Crippen LogP contribution in [0.1, 0.15) is 18.4 Å². The van der Waals surface area contributed by atoms with Gasteiger partial charge in [-0.25, -0.2) is 9.97 Å². The summed E-state index contributed by atoms with van der Waals surface area (Å²) < 4.78 is 6.41. The van der Waals surface area contributed by atoms with Crippen molar-refractivity contribution in [1.29, 1.82) is 0 Å². The third-order valence-corrected chi connectivity index (χ3v) is 3.18. The zero-order valence-corrected chi connectivity index (χ0v) is 13.3. The molecule has 1 aromatic carbocycles.